The topological polar surface area (TPSA) is 46.2 Å². The molecule has 0 atom stereocenters. The quantitative estimate of drug-likeness (QED) is 0.553. The van der Waals surface area contributed by atoms with Gasteiger partial charge in [0.2, 0.25) is 0 Å². The van der Waals surface area contributed by atoms with Gasteiger partial charge in [0.1, 0.15) is 5.75 Å². The first-order valence-electron chi connectivity index (χ1n) is 4.73. The van der Waals surface area contributed by atoms with E-state index in [9.17, 15) is 5.11 Å². The Morgan fingerprint density at radius 1 is 1.38 bits per heavy atom. The molecule has 3 N–H and O–H groups in total. The third-order valence-corrected chi connectivity index (χ3v) is 2.16. The van der Waals surface area contributed by atoms with Crippen LogP contribution in [0.5, 0.6) is 5.75 Å². The molecule has 0 saturated carbocycles. The van der Waals surface area contributed by atoms with Gasteiger partial charge in [0.05, 0.1) is 5.69 Å². The maximum absolute atomic E-state index is 9.62. The minimum absolute atomic E-state index is 0.263. The molecule has 0 aliphatic carbocycles. The summed E-state index contributed by atoms with van der Waals surface area (Å²) in [6, 6.07) is 3.80. The zero-order valence-corrected chi connectivity index (χ0v) is 8.30. The molecule has 1 aromatic carbocycles. The van der Waals surface area contributed by atoms with Crippen molar-refractivity contribution >= 4 is 5.69 Å². The van der Waals surface area contributed by atoms with Crippen LogP contribution in [-0.2, 0) is 6.42 Å². The summed E-state index contributed by atoms with van der Waals surface area (Å²) in [4.78, 5) is 0. The maximum atomic E-state index is 9.62. The van der Waals surface area contributed by atoms with Gasteiger partial charge in [0.15, 0.2) is 0 Å². The highest BCUT2D eigenvalue weighted by Gasteiger charge is 2.04. The van der Waals surface area contributed by atoms with E-state index in [1.165, 1.54) is 0 Å². The van der Waals surface area contributed by atoms with Gasteiger partial charge in [0.25, 0.3) is 0 Å². The molecule has 0 heterocycles. The number of phenolic OH excluding ortho intramolecular Hbond substituents is 1. The van der Waals surface area contributed by atoms with Crippen LogP contribution in [0.2, 0.25) is 0 Å². The number of phenols is 1. The molecule has 0 bridgehead atoms. The third-order valence-electron chi connectivity index (χ3n) is 2.16. The monoisotopic (exact) mass is 179 g/mol. The van der Waals surface area contributed by atoms with E-state index in [1.807, 2.05) is 13.0 Å². The van der Waals surface area contributed by atoms with Crippen molar-refractivity contribution in [2.24, 2.45) is 0 Å². The number of nitrogens with two attached hydrogens (primary N) is 1. The van der Waals surface area contributed by atoms with E-state index in [0.717, 1.165) is 30.4 Å². The Kier molecular flexibility index (Phi) is 3.18. The molecule has 0 unspecified atom stereocenters. The average molecular weight is 179 g/mol. The summed E-state index contributed by atoms with van der Waals surface area (Å²) in [5.41, 5.74) is 8.22. The SMILES string of the molecule is CCCCc1cc(C)cc(N)c1O. The highest BCUT2D eigenvalue weighted by Crippen LogP contribution is 2.27. The van der Waals surface area contributed by atoms with E-state index in [1.54, 1.807) is 6.07 Å². The Bertz CT molecular complexity index is 294. The number of rotatable bonds is 3. The highest BCUT2D eigenvalue weighted by atomic mass is 16.3. The predicted octanol–water partition coefficient (Wildman–Crippen LogP) is 2.63. The molecule has 0 fully saturated rings. The van der Waals surface area contributed by atoms with Crippen molar-refractivity contribution in [1.82, 2.24) is 0 Å². The minimum atomic E-state index is 0.263. The smallest absolute Gasteiger partial charge is 0.141 e. The van der Waals surface area contributed by atoms with Crippen molar-refractivity contribution in [3.8, 4) is 5.75 Å². The molecule has 0 spiro atoms. The Hall–Kier alpha value is -1.18. The van der Waals surface area contributed by atoms with E-state index in [2.05, 4.69) is 6.92 Å². The second-order valence-corrected chi connectivity index (χ2v) is 3.47. The second kappa shape index (κ2) is 4.17. The largest absolute Gasteiger partial charge is 0.506 e. The molecule has 0 aliphatic heterocycles. The van der Waals surface area contributed by atoms with Crippen LogP contribution in [-0.4, -0.2) is 5.11 Å². The fourth-order valence-electron chi connectivity index (χ4n) is 1.44. The van der Waals surface area contributed by atoms with Gasteiger partial charge in [-0.15, -0.1) is 0 Å². The predicted molar refractivity (Wildman–Crippen MR) is 55.9 cm³/mol. The fourth-order valence-corrected chi connectivity index (χ4v) is 1.44. The summed E-state index contributed by atoms with van der Waals surface area (Å²) in [6.07, 6.45) is 3.14. The first-order valence-corrected chi connectivity index (χ1v) is 4.73. The summed E-state index contributed by atoms with van der Waals surface area (Å²) in [7, 11) is 0. The maximum Gasteiger partial charge on any atom is 0.141 e. The van der Waals surface area contributed by atoms with Crippen molar-refractivity contribution in [3.63, 3.8) is 0 Å². The van der Waals surface area contributed by atoms with Crippen molar-refractivity contribution in [2.45, 2.75) is 33.1 Å². The molecular weight excluding hydrogens is 162 g/mol. The van der Waals surface area contributed by atoms with Crippen LogP contribution in [0.4, 0.5) is 5.69 Å². The lowest BCUT2D eigenvalue weighted by Gasteiger charge is -2.07. The summed E-state index contributed by atoms with van der Waals surface area (Å²) < 4.78 is 0. The normalized spacial score (nSPS) is 10.3. The summed E-state index contributed by atoms with van der Waals surface area (Å²) >= 11 is 0. The summed E-state index contributed by atoms with van der Waals surface area (Å²) in [5, 5.41) is 9.62. The zero-order valence-electron chi connectivity index (χ0n) is 8.30. The van der Waals surface area contributed by atoms with Crippen LogP contribution in [0.3, 0.4) is 0 Å². The first-order chi connectivity index (χ1) is 6.15. The van der Waals surface area contributed by atoms with Crippen molar-refractivity contribution in [2.75, 3.05) is 5.73 Å². The summed E-state index contributed by atoms with van der Waals surface area (Å²) in [6.45, 7) is 4.13. The van der Waals surface area contributed by atoms with Crippen LogP contribution in [0.25, 0.3) is 0 Å². The molecule has 2 nitrogen and oxygen atoms in total. The Morgan fingerprint density at radius 2 is 2.08 bits per heavy atom. The van der Waals surface area contributed by atoms with Gasteiger partial charge in [-0.05, 0) is 37.0 Å². The van der Waals surface area contributed by atoms with Crippen molar-refractivity contribution < 1.29 is 5.11 Å². The number of hydrogen-bond donors (Lipinski definition) is 2. The molecule has 0 saturated heterocycles. The van der Waals surface area contributed by atoms with Crippen LogP contribution in [0.15, 0.2) is 12.1 Å². The van der Waals surface area contributed by atoms with Crippen LogP contribution < -0.4 is 5.73 Å². The molecule has 0 radical (unpaired) electrons. The number of benzene rings is 1. The van der Waals surface area contributed by atoms with E-state index < -0.39 is 0 Å². The number of nitrogen functional groups attached to an aromatic ring is 1. The Balaban J connectivity index is 2.92. The lowest BCUT2D eigenvalue weighted by Crippen LogP contribution is -1.93. The van der Waals surface area contributed by atoms with E-state index in [-0.39, 0.29) is 5.75 Å². The minimum Gasteiger partial charge on any atom is -0.506 e. The second-order valence-electron chi connectivity index (χ2n) is 3.47. The lowest BCUT2D eigenvalue weighted by molar-refractivity contribution is 0.469. The van der Waals surface area contributed by atoms with E-state index in [0.29, 0.717) is 5.69 Å². The molecule has 0 amide bonds. The molecule has 72 valence electrons. The van der Waals surface area contributed by atoms with Gasteiger partial charge in [-0.2, -0.15) is 0 Å². The van der Waals surface area contributed by atoms with Gasteiger partial charge in [0, 0.05) is 0 Å². The first kappa shape index (κ1) is 9.90. The standard InChI is InChI=1S/C11H17NO/c1-3-4-5-9-6-8(2)7-10(12)11(9)13/h6-7,13H,3-5,12H2,1-2H3. The summed E-state index contributed by atoms with van der Waals surface area (Å²) in [5.74, 6) is 0.263. The molecular formula is C11H17NO. The van der Waals surface area contributed by atoms with E-state index in [4.69, 9.17) is 5.73 Å². The molecule has 13 heavy (non-hydrogen) atoms. The molecule has 0 aromatic heterocycles. The number of anilines is 1. The number of hydrogen-bond acceptors (Lipinski definition) is 2. The highest BCUT2D eigenvalue weighted by molar-refractivity contribution is 5.57. The number of unbranched alkanes of at least 4 members (excludes halogenated alkanes) is 1. The third kappa shape index (κ3) is 2.38. The van der Waals surface area contributed by atoms with Gasteiger partial charge in [-0.25, -0.2) is 0 Å². The number of aryl methyl sites for hydroxylation is 2. The fraction of sp³-hybridized carbons (Fsp3) is 0.455. The molecule has 0 aliphatic rings. The zero-order chi connectivity index (χ0) is 9.84. The van der Waals surface area contributed by atoms with Crippen LogP contribution in [0.1, 0.15) is 30.9 Å². The molecule has 2 heteroatoms. The Morgan fingerprint density at radius 3 is 2.69 bits per heavy atom. The number of aromatic hydroxyl groups is 1. The Labute approximate surface area is 79.4 Å². The van der Waals surface area contributed by atoms with Gasteiger partial charge in [-0.1, -0.05) is 19.4 Å². The van der Waals surface area contributed by atoms with Crippen molar-refractivity contribution in [1.29, 1.82) is 0 Å². The van der Waals surface area contributed by atoms with Crippen molar-refractivity contribution in [3.05, 3.63) is 23.3 Å². The average Bonchev–Trinajstić information content (AvgIpc) is 2.09. The van der Waals surface area contributed by atoms with E-state index >= 15 is 0 Å². The van der Waals surface area contributed by atoms with Gasteiger partial charge >= 0.3 is 0 Å². The molecule has 1 aromatic rings. The van der Waals surface area contributed by atoms with Gasteiger partial charge in [-0.3, -0.25) is 0 Å². The molecule has 1 rings (SSSR count). The van der Waals surface area contributed by atoms with Crippen LogP contribution >= 0.6 is 0 Å². The lowest BCUT2D eigenvalue weighted by atomic mass is 10.0. The van der Waals surface area contributed by atoms with Gasteiger partial charge < -0.3 is 10.8 Å². The van der Waals surface area contributed by atoms with Crippen LogP contribution in [0, 0.1) is 6.92 Å².